The van der Waals surface area contributed by atoms with Gasteiger partial charge in [0, 0.05) is 15.6 Å². The maximum Gasteiger partial charge on any atom is 0.417 e. The average Bonchev–Trinajstić information content (AvgIpc) is 3.34. The molecule has 1 aliphatic rings. The van der Waals surface area contributed by atoms with Gasteiger partial charge < -0.3 is 4.74 Å². The first kappa shape index (κ1) is 32.0. The van der Waals surface area contributed by atoms with Crippen molar-refractivity contribution in [3.05, 3.63) is 111 Å². The molecule has 42 heavy (non-hydrogen) atoms. The molecule has 0 amide bonds. The van der Waals surface area contributed by atoms with E-state index in [4.69, 9.17) is 4.74 Å². The van der Waals surface area contributed by atoms with Crippen LogP contribution in [0.1, 0.15) is 27.4 Å². The quantitative estimate of drug-likeness (QED) is 0.128. The molecule has 3 aromatic carbocycles. The van der Waals surface area contributed by atoms with Gasteiger partial charge in [0.15, 0.2) is 6.10 Å². The first-order chi connectivity index (χ1) is 19.4. The summed E-state index contributed by atoms with van der Waals surface area (Å²) in [5, 5.41) is -13.2. The Hall–Kier alpha value is -2.97. The van der Waals surface area contributed by atoms with Crippen molar-refractivity contribution in [1.82, 2.24) is 0 Å². The number of rotatable bonds is 9. The van der Waals surface area contributed by atoms with E-state index in [1.165, 1.54) is 60.7 Å². The number of sulfone groups is 1. The third kappa shape index (κ3) is 5.11. The molecule has 0 saturated heterocycles. The molecule has 0 saturated carbocycles. The zero-order valence-electron chi connectivity index (χ0n) is 20.6. The largest absolute Gasteiger partial charge is 0.480 e. The number of halogens is 10. The Kier molecular flexibility index (Phi) is 8.33. The topological polar surface area (TPSA) is 60.4 Å². The molecule has 0 N–H and O–H groups in total. The highest BCUT2D eigenvalue weighted by Crippen LogP contribution is 2.59. The van der Waals surface area contributed by atoms with Crippen molar-refractivity contribution < 1.29 is 53.1 Å². The Balaban J connectivity index is 2.04. The molecule has 4 rings (SSSR count). The minimum atomic E-state index is -7.25. The molecule has 0 radical (unpaired) electrons. The summed E-state index contributed by atoms with van der Waals surface area (Å²) in [7, 11) is -7.06. The smallest absolute Gasteiger partial charge is 0.417 e. The summed E-state index contributed by atoms with van der Waals surface area (Å²) >= 11 is 7.17. The SMILES string of the molecule is O=C(c1ccccc1)[C@H]1OC(c2ccccc2)=C(S(=O)(=O)C(F)(F)C(F)(F)C(F)(F)C(F)(F)Cl)[C@@H]1c1ccc(Br)cc1. The van der Waals surface area contributed by atoms with Crippen molar-refractivity contribution in [1.29, 1.82) is 0 Å². The highest BCUT2D eigenvalue weighted by molar-refractivity contribution is 9.10. The summed E-state index contributed by atoms with van der Waals surface area (Å²) in [6.45, 7) is 0. The fourth-order valence-corrected chi connectivity index (χ4v) is 6.39. The zero-order valence-corrected chi connectivity index (χ0v) is 23.7. The predicted molar refractivity (Wildman–Crippen MR) is 140 cm³/mol. The number of carbonyl (C=O) groups is 1. The van der Waals surface area contributed by atoms with Gasteiger partial charge in [0.2, 0.25) is 5.78 Å². The van der Waals surface area contributed by atoms with Crippen LogP contribution in [0.4, 0.5) is 35.1 Å². The zero-order chi connectivity index (χ0) is 31.3. The van der Waals surface area contributed by atoms with Crippen LogP contribution < -0.4 is 0 Å². The molecule has 4 nitrogen and oxygen atoms in total. The van der Waals surface area contributed by atoms with Gasteiger partial charge in [-0.3, -0.25) is 4.79 Å². The maximum atomic E-state index is 15.4. The molecule has 0 unspecified atom stereocenters. The second kappa shape index (κ2) is 10.9. The van der Waals surface area contributed by atoms with E-state index < -0.39 is 60.8 Å². The highest BCUT2D eigenvalue weighted by Gasteiger charge is 2.85. The van der Waals surface area contributed by atoms with Crippen molar-refractivity contribution in [2.45, 2.75) is 34.5 Å². The lowest BCUT2D eigenvalue weighted by Gasteiger charge is -2.34. The summed E-state index contributed by atoms with van der Waals surface area (Å²) in [5.74, 6) is -18.4. The van der Waals surface area contributed by atoms with Crippen molar-refractivity contribution >= 4 is 48.9 Å². The molecular weight excluding hydrogens is 688 g/mol. The van der Waals surface area contributed by atoms with Gasteiger partial charge in [-0.25, -0.2) is 8.42 Å². The lowest BCUT2D eigenvalue weighted by atomic mass is 9.89. The Morgan fingerprint density at radius 3 is 1.76 bits per heavy atom. The predicted octanol–water partition coefficient (Wildman–Crippen LogP) is 8.29. The van der Waals surface area contributed by atoms with Gasteiger partial charge in [0.1, 0.15) is 10.7 Å². The van der Waals surface area contributed by atoms with Gasteiger partial charge in [-0.05, 0) is 29.3 Å². The second-order valence-corrected chi connectivity index (χ2v) is 12.4. The third-order valence-electron chi connectivity index (χ3n) is 6.38. The van der Waals surface area contributed by atoms with Crippen molar-refractivity contribution in [2.75, 3.05) is 0 Å². The van der Waals surface area contributed by atoms with E-state index in [0.717, 1.165) is 24.3 Å². The van der Waals surface area contributed by atoms with E-state index in [-0.39, 0.29) is 16.7 Å². The molecule has 3 aromatic rings. The van der Waals surface area contributed by atoms with Gasteiger partial charge in [0.25, 0.3) is 9.84 Å². The van der Waals surface area contributed by atoms with Crippen LogP contribution in [0.15, 0.2) is 94.3 Å². The maximum absolute atomic E-state index is 15.4. The highest BCUT2D eigenvalue weighted by atomic mass is 79.9. The molecule has 0 bridgehead atoms. The number of hydrogen-bond donors (Lipinski definition) is 0. The number of hydrogen-bond acceptors (Lipinski definition) is 4. The number of ketones is 1. The molecule has 1 aliphatic heterocycles. The summed E-state index contributed by atoms with van der Waals surface area (Å²) in [4.78, 5) is 11.9. The summed E-state index contributed by atoms with van der Waals surface area (Å²) < 4.78 is 148. The third-order valence-corrected chi connectivity index (χ3v) is 9.09. The molecule has 0 fully saturated rings. The molecular formula is C27H16BrClF8O4S. The molecule has 224 valence electrons. The standard InChI is InChI=1S/C27H16BrClF8O4S/c28-18-13-11-15(12-14-18)19-22(20(38)16-7-3-1-4-8-16)41-21(17-9-5-2-6-10-17)23(19)42(39,40)27(36,37)25(32,33)24(30,31)26(29,34)35/h1-14,19,22H/t19-,22+/m1/s1. The van der Waals surface area contributed by atoms with E-state index in [1.807, 2.05) is 0 Å². The van der Waals surface area contributed by atoms with Gasteiger partial charge in [-0.15, -0.1) is 0 Å². The van der Waals surface area contributed by atoms with Crippen molar-refractivity contribution in [3.63, 3.8) is 0 Å². The molecule has 15 heteroatoms. The summed E-state index contributed by atoms with van der Waals surface area (Å²) in [6.07, 6.45) is -1.99. The van der Waals surface area contributed by atoms with Crippen LogP contribution >= 0.6 is 27.5 Å². The molecule has 2 atom stereocenters. The fraction of sp³-hybridized carbons (Fsp3) is 0.222. The van der Waals surface area contributed by atoms with Gasteiger partial charge in [-0.1, -0.05) is 88.7 Å². The Labute approximate surface area is 247 Å². The van der Waals surface area contributed by atoms with Gasteiger partial charge >= 0.3 is 22.5 Å². The monoisotopic (exact) mass is 702 g/mol. The van der Waals surface area contributed by atoms with Gasteiger partial charge in [0.05, 0.1) is 5.92 Å². The molecule has 0 aromatic heterocycles. The molecule has 0 aliphatic carbocycles. The Bertz CT molecular complexity index is 1610. The normalized spacial score (nSPS) is 18.6. The number of Topliss-reactive ketones (excluding diaryl/α,β-unsaturated/α-hetero) is 1. The number of ether oxygens (including phenoxy) is 1. The van der Waals surface area contributed by atoms with Crippen LogP contribution in [0, 0.1) is 0 Å². The van der Waals surface area contributed by atoms with Crippen molar-refractivity contribution in [3.8, 4) is 0 Å². The van der Waals surface area contributed by atoms with Crippen LogP contribution in [0.25, 0.3) is 5.76 Å². The minimum absolute atomic E-state index is 0.0962. The van der Waals surface area contributed by atoms with Crippen LogP contribution in [-0.2, 0) is 14.6 Å². The van der Waals surface area contributed by atoms with E-state index in [2.05, 4.69) is 27.5 Å². The molecule has 0 spiro atoms. The van der Waals surface area contributed by atoms with E-state index >= 15 is 8.78 Å². The van der Waals surface area contributed by atoms with Crippen molar-refractivity contribution in [2.24, 2.45) is 0 Å². The minimum Gasteiger partial charge on any atom is -0.480 e. The van der Waals surface area contributed by atoms with Crippen LogP contribution in [0.2, 0.25) is 0 Å². The van der Waals surface area contributed by atoms with Gasteiger partial charge in [-0.2, -0.15) is 35.1 Å². The number of carbonyl (C=O) groups excluding carboxylic acids is 1. The van der Waals surface area contributed by atoms with E-state index in [9.17, 15) is 39.6 Å². The Morgan fingerprint density at radius 1 is 0.762 bits per heavy atom. The van der Waals surface area contributed by atoms with Crippen LogP contribution in [0.3, 0.4) is 0 Å². The Morgan fingerprint density at radius 2 is 1.26 bits per heavy atom. The first-order valence-corrected chi connectivity index (χ1v) is 14.3. The lowest BCUT2D eigenvalue weighted by molar-refractivity contribution is -0.326. The first-order valence-electron chi connectivity index (χ1n) is 11.6. The number of alkyl halides is 9. The van der Waals surface area contributed by atoms with E-state index in [1.54, 1.807) is 0 Å². The molecule has 1 heterocycles. The second-order valence-electron chi connectivity index (χ2n) is 9.02. The average molecular weight is 704 g/mol. The van der Waals surface area contributed by atoms with Crippen LogP contribution in [0.5, 0.6) is 0 Å². The lowest BCUT2D eigenvalue weighted by Crippen LogP contribution is -2.63. The number of benzene rings is 3. The summed E-state index contributed by atoms with van der Waals surface area (Å²) in [6, 6.07) is 18.1. The van der Waals surface area contributed by atoms with E-state index in [0.29, 0.717) is 4.47 Å². The summed E-state index contributed by atoms with van der Waals surface area (Å²) in [5.41, 5.74) is -0.637. The fourth-order valence-electron chi connectivity index (χ4n) is 4.26. The van der Waals surface area contributed by atoms with Crippen LogP contribution in [-0.4, -0.2) is 42.8 Å².